The van der Waals surface area contributed by atoms with Crippen LogP contribution in [0.4, 0.5) is 5.69 Å². The fourth-order valence-electron chi connectivity index (χ4n) is 4.12. The maximum absolute atomic E-state index is 13.4. The van der Waals surface area contributed by atoms with Crippen molar-refractivity contribution in [3.63, 3.8) is 0 Å². The lowest BCUT2D eigenvalue weighted by atomic mass is 10.2. The van der Waals surface area contributed by atoms with Gasteiger partial charge < -0.3 is 14.5 Å². The SMILES string of the molecule is O=C(COc1ccc(C=Nn2c(-c3cc4ccccc4o3)nc3ccccc3c2=O)cc1)Nc1ccccc1. The van der Waals surface area contributed by atoms with E-state index >= 15 is 0 Å². The minimum Gasteiger partial charge on any atom is -0.484 e. The van der Waals surface area contributed by atoms with E-state index in [0.717, 1.165) is 10.9 Å². The number of carbonyl (C=O) groups excluding carboxylic acids is 1. The second kappa shape index (κ2) is 10.5. The van der Waals surface area contributed by atoms with Gasteiger partial charge in [0.1, 0.15) is 11.3 Å². The van der Waals surface area contributed by atoms with E-state index in [9.17, 15) is 9.59 Å². The fourth-order valence-corrected chi connectivity index (χ4v) is 4.12. The number of nitrogens with one attached hydrogen (secondary N) is 1. The molecule has 0 saturated carbocycles. The van der Waals surface area contributed by atoms with Crippen LogP contribution in [-0.2, 0) is 4.79 Å². The van der Waals surface area contributed by atoms with Crippen LogP contribution < -0.4 is 15.6 Å². The van der Waals surface area contributed by atoms with Gasteiger partial charge in [-0.05, 0) is 66.2 Å². The summed E-state index contributed by atoms with van der Waals surface area (Å²) in [6, 6.07) is 32.8. The van der Waals surface area contributed by atoms with E-state index < -0.39 is 0 Å². The van der Waals surface area contributed by atoms with Crippen LogP contribution in [0.1, 0.15) is 5.56 Å². The second-order valence-corrected chi connectivity index (χ2v) is 8.73. The number of para-hydroxylation sites is 3. The van der Waals surface area contributed by atoms with Gasteiger partial charge in [-0.25, -0.2) is 4.98 Å². The summed E-state index contributed by atoms with van der Waals surface area (Å²) in [4.78, 5) is 30.2. The van der Waals surface area contributed by atoms with Crippen LogP contribution in [-0.4, -0.2) is 28.4 Å². The number of benzene rings is 4. The van der Waals surface area contributed by atoms with Crippen molar-refractivity contribution in [1.29, 1.82) is 0 Å². The van der Waals surface area contributed by atoms with Crippen molar-refractivity contribution in [3.8, 4) is 17.3 Å². The Morgan fingerprint density at radius 1 is 0.923 bits per heavy atom. The highest BCUT2D eigenvalue weighted by atomic mass is 16.5. The Hall–Kier alpha value is -5.50. The predicted octanol–water partition coefficient (Wildman–Crippen LogP) is 5.71. The number of furan rings is 1. The smallest absolute Gasteiger partial charge is 0.282 e. The monoisotopic (exact) mass is 514 g/mol. The molecule has 0 spiro atoms. The molecule has 2 heterocycles. The number of fused-ring (bicyclic) bond motifs is 2. The van der Waals surface area contributed by atoms with Gasteiger partial charge in [-0.1, -0.05) is 48.5 Å². The van der Waals surface area contributed by atoms with Crippen molar-refractivity contribution < 1.29 is 13.9 Å². The predicted molar refractivity (Wildman–Crippen MR) is 151 cm³/mol. The zero-order valence-electron chi connectivity index (χ0n) is 20.7. The van der Waals surface area contributed by atoms with Gasteiger partial charge in [0, 0.05) is 11.1 Å². The molecule has 0 aliphatic rings. The van der Waals surface area contributed by atoms with Gasteiger partial charge in [-0.3, -0.25) is 9.59 Å². The van der Waals surface area contributed by atoms with Crippen molar-refractivity contribution >= 4 is 39.7 Å². The van der Waals surface area contributed by atoms with E-state index in [4.69, 9.17) is 14.1 Å². The van der Waals surface area contributed by atoms with Crippen molar-refractivity contribution in [3.05, 3.63) is 125 Å². The molecule has 0 aliphatic carbocycles. The normalized spacial score (nSPS) is 11.3. The Labute approximate surface area is 222 Å². The second-order valence-electron chi connectivity index (χ2n) is 8.73. The lowest BCUT2D eigenvalue weighted by molar-refractivity contribution is -0.118. The molecule has 190 valence electrons. The summed E-state index contributed by atoms with van der Waals surface area (Å²) >= 11 is 0. The highest BCUT2D eigenvalue weighted by molar-refractivity contribution is 5.92. The van der Waals surface area contributed by atoms with Gasteiger partial charge in [-0.2, -0.15) is 9.78 Å². The summed E-state index contributed by atoms with van der Waals surface area (Å²) < 4.78 is 12.8. The fraction of sp³-hybridized carbons (Fsp3) is 0.0323. The van der Waals surface area contributed by atoms with E-state index in [0.29, 0.717) is 39.5 Å². The van der Waals surface area contributed by atoms with Crippen LogP contribution >= 0.6 is 0 Å². The average Bonchev–Trinajstić information content (AvgIpc) is 3.41. The van der Waals surface area contributed by atoms with Crippen LogP contribution in [0.3, 0.4) is 0 Å². The summed E-state index contributed by atoms with van der Waals surface area (Å²) in [5.41, 5.74) is 2.38. The topological polar surface area (TPSA) is 98.7 Å². The van der Waals surface area contributed by atoms with Gasteiger partial charge >= 0.3 is 0 Å². The van der Waals surface area contributed by atoms with Crippen LogP contribution in [0, 0.1) is 0 Å². The number of hydrogen-bond donors (Lipinski definition) is 1. The van der Waals surface area contributed by atoms with Gasteiger partial charge in [0.2, 0.25) is 5.82 Å². The minimum absolute atomic E-state index is 0.124. The molecule has 39 heavy (non-hydrogen) atoms. The third kappa shape index (κ3) is 5.17. The van der Waals surface area contributed by atoms with Crippen LogP contribution in [0.2, 0.25) is 0 Å². The summed E-state index contributed by atoms with van der Waals surface area (Å²) in [6.45, 7) is -0.124. The van der Waals surface area contributed by atoms with E-state index in [1.54, 1.807) is 48.7 Å². The number of nitrogens with zero attached hydrogens (tertiary/aromatic N) is 3. The molecule has 4 aromatic carbocycles. The Kier molecular flexibility index (Phi) is 6.41. The Balaban J connectivity index is 1.25. The first kappa shape index (κ1) is 23.9. The van der Waals surface area contributed by atoms with Crippen molar-refractivity contribution in [1.82, 2.24) is 9.66 Å². The molecule has 6 aromatic rings. The van der Waals surface area contributed by atoms with Crippen molar-refractivity contribution in [2.24, 2.45) is 5.10 Å². The standard InChI is InChI=1S/C31H22N4O4/c36-29(33-23-9-2-1-3-10-23)20-38-24-16-14-21(15-17-24)19-32-35-30(28-18-22-8-4-7-13-27(22)39-28)34-26-12-6-5-11-25(26)31(35)37/h1-19H,20H2,(H,33,36). The number of amides is 1. The Morgan fingerprint density at radius 2 is 1.67 bits per heavy atom. The summed E-state index contributed by atoms with van der Waals surface area (Å²) in [7, 11) is 0. The maximum Gasteiger partial charge on any atom is 0.282 e. The molecule has 0 unspecified atom stereocenters. The van der Waals surface area contributed by atoms with E-state index in [-0.39, 0.29) is 18.1 Å². The van der Waals surface area contributed by atoms with Crippen LogP contribution in [0.25, 0.3) is 33.5 Å². The molecule has 8 heteroatoms. The minimum atomic E-state index is -0.309. The molecule has 0 radical (unpaired) electrons. The third-order valence-corrected chi connectivity index (χ3v) is 6.03. The number of anilines is 1. The highest BCUT2D eigenvalue weighted by Crippen LogP contribution is 2.27. The first-order valence-electron chi connectivity index (χ1n) is 12.3. The molecule has 0 saturated heterocycles. The van der Waals surface area contributed by atoms with Gasteiger partial charge in [0.25, 0.3) is 11.5 Å². The van der Waals surface area contributed by atoms with E-state index in [1.807, 2.05) is 66.7 Å². The van der Waals surface area contributed by atoms with Crippen LogP contribution in [0.15, 0.2) is 124 Å². The molecule has 6 rings (SSSR count). The molecule has 0 aliphatic heterocycles. The van der Waals surface area contributed by atoms with Crippen molar-refractivity contribution in [2.45, 2.75) is 0 Å². The Morgan fingerprint density at radius 3 is 2.49 bits per heavy atom. The molecule has 1 amide bonds. The molecule has 8 nitrogen and oxygen atoms in total. The summed E-state index contributed by atoms with van der Waals surface area (Å²) in [6.07, 6.45) is 1.57. The van der Waals surface area contributed by atoms with Crippen molar-refractivity contribution in [2.75, 3.05) is 11.9 Å². The number of ether oxygens (including phenoxy) is 1. The molecule has 2 aromatic heterocycles. The molecule has 0 fully saturated rings. The Bertz CT molecular complexity index is 1840. The highest BCUT2D eigenvalue weighted by Gasteiger charge is 2.16. The number of hydrogen-bond acceptors (Lipinski definition) is 6. The number of rotatable bonds is 7. The zero-order valence-corrected chi connectivity index (χ0v) is 20.7. The molecule has 0 atom stereocenters. The average molecular weight is 515 g/mol. The first-order valence-corrected chi connectivity index (χ1v) is 12.3. The molecule has 1 N–H and O–H groups in total. The van der Waals surface area contributed by atoms with Gasteiger partial charge in [0.15, 0.2) is 12.4 Å². The summed E-state index contributed by atoms with van der Waals surface area (Å²) in [5, 5.41) is 8.60. The number of carbonyl (C=O) groups is 1. The lowest BCUT2D eigenvalue weighted by Gasteiger charge is -2.08. The van der Waals surface area contributed by atoms with E-state index in [2.05, 4.69) is 10.4 Å². The van der Waals surface area contributed by atoms with Gasteiger partial charge in [0.05, 0.1) is 17.1 Å². The molecular formula is C31H22N4O4. The molecule has 0 bridgehead atoms. The number of aromatic nitrogens is 2. The molecular weight excluding hydrogens is 492 g/mol. The summed E-state index contributed by atoms with van der Waals surface area (Å²) in [5.74, 6) is 1.01. The largest absolute Gasteiger partial charge is 0.484 e. The van der Waals surface area contributed by atoms with E-state index in [1.165, 1.54) is 4.68 Å². The third-order valence-electron chi connectivity index (χ3n) is 6.03. The van der Waals surface area contributed by atoms with Gasteiger partial charge in [-0.15, -0.1) is 0 Å². The zero-order chi connectivity index (χ0) is 26.6. The van der Waals surface area contributed by atoms with Crippen LogP contribution in [0.5, 0.6) is 5.75 Å². The maximum atomic E-state index is 13.4. The first-order chi connectivity index (χ1) is 19.1. The lowest BCUT2D eigenvalue weighted by Crippen LogP contribution is -2.20. The quantitative estimate of drug-likeness (QED) is 0.275.